The Balaban J connectivity index is 2.19. The fraction of sp³-hybridized carbons (Fsp3) is 0.294. The van der Waals surface area contributed by atoms with Crippen LogP contribution in [0.5, 0.6) is 0 Å². The van der Waals surface area contributed by atoms with Crippen LogP contribution < -0.4 is 10.6 Å². The number of aryl methyl sites for hydroxylation is 1. The van der Waals surface area contributed by atoms with Crippen molar-refractivity contribution in [1.82, 2.24) is 10.3 Å². The third kappa shape index (κ3) is 3.81. The van der Waals surface area contributed by atoms with Crippen molar-refractivity contribution in [1.29, 1.82) is 0 Å². The van der Waals surface area contributed by atoms with Gasteiger partial charge in [-0.05, 0) is 50.1 Å². The number of anilines is 1. The zero-order valence-electron chi connectivity index (χ0n) is 12.7. The summed E-state index contributed by atoms with van der Waals surface area (Å²) < 4.78 is 0. The Morgan fingerprint density at radius 1 is 1.33 bits per heavy atom. The average Bonchev–Trinajstić information content (AvgIpc) is 2.50. The van der Waals surface area contributed by atoms with Gasteiger partial charge in [-0.2, -0.15) is 0 Å². The second-order valence-electron chi connectivity index (χ2n) is 5.04. The molecule has 1 aromatic heterocycles. The fourth-order valence-corrected chi connectivity index (χ4v) is 2.13. The SMILES string of the molecule is CCNC(=O)c1ccc(C)c(NC(C)c2cccnc2)c1. The summed E-state index contributed by atoms with van der Waals surface area (Å²) in [5.41, 5.74) is 3.86. The molecular formula is C17H21N3O. The molecule has 1 amide bonds. The van der Waals surface area contributed by atoms with Crippen LogP contribution in [0, 0.1) is 6.92 Å². The van der Waals surface area contributed by atoms with Crippen molar-refractivity contribution in [2.75, 3.05) is 11.9 Å². The number of amides is 1. The topological polar surface area (TPSA) is 54.0 Å². The number of hydrogen-bond acceptors (Lipinski definition) is 3. The smallest absolute Gasteiger partial charge is 0.251 e. The molecule has 2 rings (SSSR count). The minimum Gasteiger partial charge on any atom is -0.378 e. The largest absolute Gasteiger partial charge is 0.378 e. The molecule has 1 unspecified atom stereocenters. The molecule has 1 aromatic carbocycles. The van der Waals surface area contributed by atoms with E-state index >= 15 is 0 Å². The Bertz CT molecular complexity index is 611. The molecule has 0 spiro atoms. The third-order valence-electron chi connectivity index (χ3n) is 3.39. The quantitative estimate of drug-likeness (QED) is 0.885. The van der Waals surface area contributed by atoms with Gasteiger partial charge in [-0.3, -0.25) is 9.78 Å². The normalized spacial score (nSPS) is 11.8. The summed E-state index contributed by atoms with van der Waals surface area (Å²) in [7, 11) is 0. The van der Waals surface area contributed by atoms with E-state index in [-0.39, 0.29) is 11.9 Å². The lowest BCUT2D eigenvalue weighted by Crippen LogP contribution is -2.22. The molecule has 2 N–H and O–H groups in total. The van der Waals surface area contributed by atoms with Gasteiger partial charge >= 0.3 is 0 Å². The molecule has 0 fully saturated rings. The summed E-state index contributed by atoms with van der Waals surface area (Å²) in [5, 5.41) is 6.26. The maximum absolute atomic E-state index is 11.9. The number of carbonyl (C=O) groups excluding carboxylic acids is 1. The van der Waals surface area contributed by atoms with Gasteiger partial charge < -0.3 is 10.6 Å². The molecule has 2 aromatic rings. The molecule has 4 heteroatoms. The summed E-state index contributed by atoms with van der Waals surface area (Å²) in [6, 6.07) is 9.79. The lowest BCUT2D eigenvalue weighted by molar-refractivity contribution is 0.0956. The highest BCUT2D eigenvalue weighted by molar-refractivity contribution is 5.95. The summed E-state index contributed by atoms with van der Waals surface area (Å²) >= 11 is 0. The number of benzene rings is 1. The first kappa shape index (κ1) is 15.0. The molecule has 0 saturated heterocycles. The average molecular weight is 283 g/mol. The lowest BCUT2D eigenvalue weighted by Gasteiger charge is -2.18. The van der Waals surface area contributed by atoms with Crippen molar-refractivity contribution in [2.24, 2.45) is 0 Å². The van der Waals surface area contributed by atoms with Crippen LogP contribution in [0.1, 0.15) is 41.4 Å². The van der Waals surface area contributed by atoms with Gasteiger partial charge in [0.25, 0.3) is 5.91 Å². The van der Waals surface area contributed by atoms with Crippen LogP contribution >= 0.6 is 0 Å². The first-order valence-corrected chi connectivity index (χ1v) is 7.17. The van der Waals surface area contributed by atoms with Gasteiger partial charge in [-0.1, -0.05) is 12.1 Å². The molecule has 0 radical (unpaired) electrons. The van der Waals surface area contributed by atoms with Gasteiger partial charge in [-0.25, -0.2) is 0 Å². The van der Waals surface area contributed by atoms with Crippen molar-refractivity contribution in [2.45, 2.75) is 26.8 Å². The minimum absolute atomic E-state index is 0.0467. The monoisotopic (exact) mass is 283 g/mol. The molecule has 0 saturated carbocycles. The molecule has 21 heavy (non-hydrogen) atoms. The zero-order valence-corrected chi connectivity index (χ0v) is 12.7. The molecule has 0 aliphatic rings. The minimum atomic E-state index is -0.0467. The van der Waals surface area contributed by atoms with E-state index in [1.54, 1.807) is 6.20 Å². The maximum atomic E-state index is 11.9. The molecule has 110 valence electrons. The second-order valence-corrected chi connectivity index (χ2v) is 5.04. The van der Waals surface area contributed by atoms with Crippen molar-refractivity contribution < 1.29 is 4.79 Å². The molecule has 4 nitrogen and oxygen atoms in total. The van der Waals surface area contributed by atoms with Gasteiger partial charge in [0, 0.05) is 30.2 Å². The van der Waals surface area contributed by atoms with E-state index in [1.165, 1.54) is 0 Å². The van der Waals surface area contributed by atoms with Gasteiger partial charge in [0.15, 0.2) is 0 Å². The number of nitrogens with zero attached hydrogens (tertiary/aromatic N) is 1. The van der Waals surface area contributed by atoms with E-state index in [0.29, 0.717) is 12.1 Å². The van der Waals surface area contributed by atoms with Crippen LogP contribution in [-0.2, 0) is 0 Å². The van der Waals surface area contributed by atoms with Crippen LogP contribution in [0.3, 0.4) is 0 Å². The number of aromatic nitrogens is 1. The van der Waals surface area contributed by atoms with E-state index in [4.69, 9.17) is 0 Å². The summed E-state index contributed by atoms with van der Waals surface area (Å²) in [5.74, 6) is -0.0467. The molecule has 0 bridgehead atoms. The van der Waals surface area contributed by atoms with Crippen LogP contribution in [0.2, 0.25) is 0 Å². The summed E-state index contributed by atoms with van der Waals surface area (Å²) in [4.78, 5) is 16.1. The first-order valence-electron chi connectivity index (χ1n) is 7.17. The Labute approximate surface area is 125 Å². The Hall–Kier alpha value is -2.36. The van der Waals surface area contributed by atoms with E-state index in [0.717, 1.165) is 16.8 Å². The highest BCUT2D eigenvalue weighted by Gasteiger charge is 2.10. The van der Waals surface area contributed by atoms with Crippen LogP contribution in [0.25, 0.3) is 0 Å². The number of pyridine rings is 1. The van der Waals surface area contributed by atoms with Gasteiger partial charge in [0.1, 0.15) is 0 Å². The number of hydrogen-bond donors (Lipinski definition) is 2. The van der Waals surface area contributed by atoms with Crippen LogP contribution in [0.4, 0.5) is 5.69 Å². The van der Waals surface area contributed by atoms with Crippen LogP contribution in [-0.4, -0.2) is 17.4 Å². The number of rotatable bonds is 5. The second kappa shape index (κ2) is 6.88. The summed E-state index contributed by atoms with van der Waals surface area (Å²) in [6.45, 7) is 6.65. The zero-order chi connectivity index (χ0) is 15.2. The maximum Gasteiger partial charge on any atom is 0.251 e. The predicted octanol–water partition coefficient (Wildman–Crippen LogP) is 3.31. The fourth-order valence-electron chi connectivity index (χ4n) is 2.13. The van der Waals surface area contributed by atoms with Crippen LogP contribution in [0.15, 0.2) is 42.7 Å². The highest BCUT2D eigenvalue weighted by Crippen LogP contribution is 2.23. The van der Waals surface area contributed by atoms with Gasteiger partial charge in [-0.15, -0.1) is 0 Å². The lowest BCUT2D eigenvalue weighted by atomic mass is 10.1. The van der Waals surface area contributed by atoms with Crippen molar-refractivity contribution in [3.05, 3.63) is 59.4 Å². The van der Waals surface area contributed by atoms with E-state index in [1.807, 2.05) is 50.4 Å². The molecule has 1 heterocycles. The Kier molecular flexibility index (Phi) is 4.93. The standard InChI is InChI=1S/C17H21N3O/c1-4-19-17(21)14-8-7-12(2)16(10-14)20-13(3)15-6-5-9-18-11-15/h5-11,13,20H,4H2,1-3H3,(H,19,21). The molecule has 0 aliphatic heterocycles. The van der Waals surface area contributed by atoms with Gasteiger partial charge in [0.05, 0.1) is 6.04 Å². The van der Waals surface area contributed by atoms with Crippen molar-refractivity contribution in [3.63, 3.8) is 0 Å². The third-order valence-corrected chi connectivity index (χ3v) is 3.39. The van der Waals surface area contributed by atoms with Crippen molar-refractivity contribution >= 4 is 11.6 Å². The van der Waals surface area contributed by atoms with E-state index < -0.39 is 0 Å². The highest BCUT2D eigenvalue weighted by atomic mass is 16.1. The first-order chi connectivity index (χ1) is 10.1. The molecular weight excluding hydrogens is 262 g/mol. The molecule has 1 atom stereocenters. The number of carbonyl (C=O) groups is 1. The summed E-state index contributed by atoms with van der Waals surface area (Å²) in [6.07, 6.45) is 3.61. The Morgan fingerprint density at radius 3 is 2.81 bits per heavy atom. The molecule has 0 aliphatic carbocycles. The van der Waals surface area contributed by atoms with E-state index in [2.05, 4.69) is 22.5 Å². The number of nitrogens with one attached hydrogen (secondary N) is 2. The van der Waals surface area contributed by atoms with E-state index in [9.17, 15) is 4.79 Å². The predicted molar refractivity (Wildman–Crippen MR) is 85.5 cm³/mol. The van der Waals surface area contributed by atoms with Gasteiger partial charge in [0.2, 0.25) is 0 Å². The van der Waals surface area contributed by atoms with Crippen molar-refractivity contribution in [3.8, 4) is 0 Å². The Morgan fingerprint density at radius 2 is 2.14 bits per heavy atom.